The van der Waals surface area contributed by atoms with Gasteiger partial charge >= 0.3 is 0 Å². The summed E-state index contributed by atoms with van der Waals surface area (Å²) in [4.78, 5) is 13.3. The lowest BCUT2D eigenvalue weighted by Crippen LogP contribution is -2.32. The predicted octanol–water partition coefficient (Wildman–Crippen LogP) is 1.24. The number of carbonyl (C=O) groups excluding carboxylic acids is 1. The van der Waals surface area contributed by atoms with Crippen LogP contribution in [0.5, 0.6) is 0 Å². The van der Waals surface area contributed by atoms with Gasteiger partial charge in [0.05, 0.1) is 12.1 Å². The second-order valence-electron chi connectivity index (χ2n) is 4.85. The van der Waals surface area contributed by atoms with Crippen molar-refractivity contribution in [2.75, 3.05) is 19.0 Å². The van der Waals surface area contributed by atoms with Crippen LogP contribution in [0, 0.1) is 0 Å². The summed E-state index contributed by atoms with van der Waals surface area (Å²) in [6.45, 7) is 1.77. The van der Waals surface area contributed by atoms with E-state index < -0.39 is 6.10 Å². The van der Waals surface area contributed by atoms with Crippen LogP contribution in [0.15, 0.2) is 18.2 Å². The number of aliphatic hydroxyl groups excluding tert-OH is 1. The lowest BCUT2D eigenvalue weighted by Gasteiger charge is -2.28. The largest absolute Gasteiger partial charge is 0.391 e. The molecule has 1 amide bonds. The lowest BCUT2D eigenvalue weighted by atomic mass is 9.94. The van der Waals surface area contributed by atoms with Crippen LogP contribution in [0.3, 0.4) is 0 Å². The second-order valence-corrected chi connectivity index (χ2v) is 4.85. The molecule has 2 rings (SSSR count). The van der Waals surface area contributed by atoms with Gasteiger partial charge < -0.3 is 15.3 Å². The Balaban J connectivity index is 2.36. The SMILES string of the molecule is CNC(c1ccc2c(c1)CCC(=O)N2C)C(C)O. The number of benzene rings is 1. The van der Waals surface area contributed by atoms with E-state index in [1.807, 2.05) is 26.2 Å². The van der Waals surface area contributed by atoms with Crippen molar-refractivity contribution in [3.8, 4) is 0 Å². The summed E-state index contributed by atoms with van der Waals surface area (Å²) in [5, 5.41) is 12.9. The maximum absolute atomic E-state index is 11.6. The maximum Gasteiger partial charge on any atom is 0.227 e. The highest BCUT2D eigenvalue weighted by Gasteiger charge is 2.23. The van der Waals surface area contributed by atoms with Crippen molar-refractivity contribution in [2.24, 2.45) is 0 Å². The van der Waals surface area contributed by atoms with Crippen LogP contribution >= 0.6 is 0 Å². The zero-order valence-corrected chi connectivity index (χ0v) is 11.1. The third kappa shape index (κ3) is 2.26. The number of likely N-dealkylation sites (N-methyl/N-ethyl adjacent to an activating group) is 1. The van der Waals surface area contributed by atoms with Gasteiger partial charge in [0, 0.05) is 19.2 Å². The average molecular weight is 248 g/mol. The molecule has 0 fully saturated rings. The molecule has 2 unspecified atom stereocenters. The Morgan fingerprint density at radius 2 is 2.11 bits per heavy atom. The number of carbonyl (C=O) groups is 1. The van der Waals surface area contributed by atoms with Crippen LogP contribution in [0.25, 0.3) is 0 Å². The fraction of sp³-hybridized carbons (Fsp3) is 0.500. The summed E-state index contributed by atoms with van der Waals surface area (Å²) in [6, 6.07) is 5.96. The molecule has 0 aliphatic carbocycles. The van der Waals surface area contributed by atoms with E-state index in [0.29, 0.717) is 6.42 Å². The first-order valence-corrected chi connectivity index (χ1v) is 6.29. The number of nitrogens with one attached hydrogen (secondary N) is 1. The normalized spacial score (nSPS) is 18.4. The summed E-state index contributed by atoms with van der Waals surface area (Å²) < 4.78 is 0. The standard InChI is InChI=1S/C14H20N2O2/c1-9(17)14(15-2)11-4-6-12-10(8-11)5-7-13(18)16(12)3/h4,6,8-9,14-15,17H,5,7H2,1-3H3. The highest BCUT2D eigenvalue weighted by molar-refractivity contribution is 5.95. The molecule has 1 heterocycles. The number of nitrogens with zero attached hydrogens (tertiary/aromatic N) is 1. The molecule has 1 aliphatic heterocycles. The van der Waals surface area contributed by atoms with Gasteiger partial charge in [0.1, 0.15) is 0 Å². The first kappa shape index (κ1) is 13.1. The van der Waals surface area contributed by atoms with Gasteiger partial charge in [0.2, 0.25) is 5.91 Å². The van der Waals surface area contributed by atoms with Gasteiger partial charge in [-0.2, -0.15) is 0 Å². The van der Waals surface area contributed by atoms with Gasteiger partial charge in [0.15, 0.2) is 0 Å². The van der Waals surface area contributed by atoms with Crippen LogP contribution in [0.1, 0.15) is 30.5 Å². The van der Waals surface area contributed by atoms with E-state index in [0.717, 1.165) is 17.7 Å². The van der Waals surface area contributed by atoms with E-state index in [2.05, 4.69) is 11.4 Å². The maximum atomic E-state index is 11.6. The second kappa shape index (κ2) is 5.08. The highest BCUT2D eigenvalue weighted by atomic mass is 16.3. The van der Waals surface area contributed by atoms with Crippen molar-refractivity contribution in [3.63, 3.8) is 0 Å². The van der Waals surface area contributed by atoms with Crippen LogP contribution in [-0.2, 0) is 11.2 Å². The number of aryl methyl sites for hydroxylation is 1. The minimum Gasteiger partial charge on any atom is -0.391 e. The van der Waals surface area contributed by atoms with Crippen molar-refractivity contribution in [1.82, 2.24) is 5.32 Å². The number of aliphatic hydroxyl groups is 1. The number of fused-ring (bicyclic) bond motifs is 1. The molecule has 0 aromatic heterocycles. The van der Waals surface area contributed by atoms with Gasteiger partial charge in [-0.25, -0.2) is 0 Å². The van der Waals surface area contributed by atoms with Crippen LogP contribution < -0.4 is 10.2 Å². The predicted molar refractivity (Wildman–Crippen MR) is 71.7 cm³/mol. The van der Waals surface area contributed by atoms with Crippen molar-refractivity contribution in [1.29, 1.82) is 0 Å². The fourth-order valence-corrected chi connectivity index (χ4v) is 2.56. The third-order valence-electron chi connectivity index (χ3n) is 3.60. The topological polar surface area (TPSA) is 52.6 Å². The van der Waals surface area contributed by atoms with Gasteiger partial charge in [-0.05, 0) is 37.6 Å². The van der Waals surface area contributed by atoms with Crippen molar-refractivity contribution < 1.29 is 9.90 Å². The fourth-order valence-electron chi connectivity index (χ4n) is 2.56. The Hall–Kier alpha value is -1.39. The monoisotopic (exact) mass is 248 g/mol. The smallest absolute Gasteiger partial charge is 0.227 e. The number of rotatable bonds is 3. The molecular weight excluding hydrogens is 228 g/mol. The van der Waals surface area contributed by atoms with E-state index >= 15 is 0 Å². The summed E-state index contributed by atoms with van der Waals surface area (Å²) >= 11 is 0. The third-order valence-corrected chi connectivity index (χ3v) is 3.60. The molecular formula is C14H20N2O2. The first-order chi connectivity index (χ1) is 8.54. The van der Waals surface area contributed by atoms with E-state index in [1.54, 1.807) is 11.8 Å². The highest BCUT2D eigenvalue weighted by Crippen LogP contribution is 2.30. The molecule has 4 nitrogen and oxygen atoms in total. The number of hydrogen-bond donors (Lipinski definition) is 2. The Bertz CT molecular complexity index is 457. The van der Waals surface area contributed by atoms with Crippen LogP contribution in [0.2, 0.25) is 0 Å². The first-order valence-electron chi connectivity index (χ1n) is 6.29. The van der Waals surface area contributed by atoms with Gasteiger partial charge in [-0.15, -0.1) is 0 Å². The summed E-state index contributed by atoms with van der Waals surface area (Å²) in [5.41, 5.74) is 3.22. The molecule has 1 aromatic carbocycles. The van der Waals surface area contributed by atoms with Crippen molar-refractivity contribution >= 4 is 11.6 Å². The summed E-state index contributed by atoms with van der Waals surface area (Å²) in [6.07, 6.45) is 0.894. The van der Waals surface area contributed by atoms with Gasteiger partial charge in [-0.1, -0.05) is 12.1 Å². The molecule has 2 N–H and O–H groups in total. The quantitative estimate of drug-likeness (QED) is 0.846. The van der Waals surface area contributed by atoms with Crippen molar-refractivity contribution in [2.45, 2.75) is 31.9 Å². The Kier molecular flexibility index (Phi) is 3.68. The molecule has 2 atom stereocenters. The number of anilines is 1. The molecule has 1 aliphatic rings. The Labute approximate surface area is 108 Å². The summed E-state index contributed by atoms with van der Waals surface area (Å²) in [5.74, 6) is 0.163. The minimum absolute atomic E-state index is 0.0711. The molecule has 18 heavy (non-hydrogen) atoms. The molecule has 98 valence electrons. The minimum atomic E-state index is -0.448. The lowest BCUT2D eigenvalue weighted by molar-refractivity contribution is -0.118. The summed E-state index contributed by atoms with van der Waals surface area (Å²) in [7, 11) is 3.65. The van der Waals surface area contributed by atoms with Gasteiger partial charge in [-0.3, -0.25) is 4.79 Å². The molecule has 0 spiro atoms. The Morgan fingerprint density at radius 1 is 1.39 bits per heavy atom. The molecule has 0 saturated carbocycles. The van der Waals surface area contributed by atoms with Crippen LogP contribution in [-0.4, -0.2) is 31.2 Å². The number of amides is 1. The average Bonchev–Trinajstić information content (AvgIpc) is 2.34. The molecule has 1 aromatic rings. The molecule has 0 bridgehead atoms. The van der Waals surface area contributed by atoms with Crippen molar-refractivity contribution in [3.05, 3.63) is 29.3 Å². The Morgan fingerprint density at radius 3 is 2.72 bits per heavy atom. The number of hydrogen-bond acceptors (Lipinski definition) is 3. The molecule has 4 heteroatoms. The molecule has 0 radical (unpaired) electrons. The van der Waals surface area contributed by atoms with Crippen LogP contribution in [0.4, 0.5) is 5.69 Å². The van der Waals surface area contributed by atoms with E-state index in [-0.39, 0.29) is 11.9 Å². The zero-order valence-electron chi connectivity index (χ0n) is 11.1. The molecule has 0 saturated heterocycles. The van der Waals surface area contributed by atoms with E-state index in [1.165, 1.54) is 5.56 Å². The van der Waals surface area contributed by atoms with Gasteiger partial charge in [0.25, 0.3) is 0 Å². The van der Waals surface area contributed by atoms with E-state index in [9.17, 15) is 9.90 Å². The zero-order chi connectivity index (χ0) is 13.3. The van der Waals surface area contributed by atoms with E-state index in [4.69, 9.17) is 0 Å².